The maximum Gasteiger partial charge on any atom is 0.302 e. The molecule has 4 heteroatoms. The number of aliphatic hydroxyl groups excluding tert-OH is 1. The minimum absolute atomic E-state index is 0.0412. The van der Waals surface area contributed by atoms with Crippen LogP contribution in [0.4, 0.5) is 0 Å². The molecule has 0 aromatic heterocycles. The molecule has 88 valence electrons. The Morgan fingerprint density at radius 1 is 1.40 bits per heavy atom. The van der Waals surface area contributed by atoms with E-state index in [9.17, 15) is 9.90 Å². The zero-order chi connectivity index (χ0) is 11.6. The molecule has 0 saturated carbocycles. The molecule has 1 fully saturated rings. The summed E-state index contributed by atoms with van der Waals surface area (Å²) in [6, 6.07) is 0. The highest BCUT2D eigenvalue weighted by molar-refractivity contribution is 5.66. The van der Waals surface area contributed by atoms with E-state index in [0.29, 0.717) is 0 Å². The highest BCUT2D eigenvalue weighted by Gasteiger charge is 2.41. The van der Waals surface area contributed by atoms with Gasteiger partial charge in [-0.15, -0.1) is 0 Å². The summed E-state index contributed by atoms with van der Waals surface area (Å²) in [6.07, 6.45) is -0.324. The topological polar surface area (TPSA) is 55.8 Å². The molecule has 4 nitrogen and oxygen atoms in total. The minimum atomic E-state index is -0.838. The van der Waals surface area contributed by atoms with Crippen LogP contribution in [0.2, 0.25) is 0 Å². The van der Waals surface area contributed by atoms with Gasteiger partial charge in [0.15, 0.2) is 6.29 Å². The standard InChI is InChI=1S/C11H20O4/c1-5-9-6(2)10(14-8(4)12)7(3)11(13)15-9/h6-7,9-11,13H,5H2,1-4H3/t6-,7?,9?,10?,11+/m0/s1. The molecule has 15 heavy (non-hydrogen) atoms. The number of ether oxygens (including phenoxy) is 2. The van der Waals surface area contributed by atoms with E-state index in [-0.39, 0.29) is 30.0 Å². The SMILES string of the molecule is CCC1O[C@@H](O)C(C)C(OC(C)=O)[C@H]1C. The molecule has 1 saturated heterocycles. The zero-order valence-electron chi connectivity index (χ0n) is 9.77. The number of esters is 1. The van der Waals surface area contributed by atoms with Crippen LogP contribution in [0, 0.1) is 11.8 Å². The number of carbonyl (C=O) groups excluding carboxylic acids is 1. The number of carbonyl (C=O) groups is 1. The Kier molecular flexibility index (Phi) is 4.11. The normalized spacial score (nSPS) is 41.3. The van der Waals surface area contributed by atoms with Crippen molar-refractivity contribution < 1.29 is 19.4 Å². The lowest BCUT2D eigenvalue weighted by molar-refractivity contribution is -0.247. The van der Waals surface area contributed by atoms with E-state index in [4.69, 9.17) is 9.47 Å². The number of rotatable bonds is 2. The van der Waals surface area contributed by atoms with Crippen LogP contribution in [-0.2, 0) is 14.3 Å². The molecule has 0 aliphatic carbocycles. The van der Waals surface area contributed by atoms with Crippen molar-refractivity contribution in [1.29, 1.82) is 0 Å². The van der Waals surface area contributed by atoms with E-state index in [1.54, 1.807) is 0 Å². The van der Waals surface area contributed by atoms with Gasteiger partial charge in [0.1, 0.15) is 6.10 Å². The van der Waals surface area contributed by atoms with E-state index in [1.165, 1.54) is 6.92 Å². The van der Waals surface area contributed by atoms with E-state index in [0.717, 1.165) is 6.42 Å². The molecule has 3 unspecified atom stereocenters. The van der Waals surface area contributed by atoms with Gasteiger partial charge in [-0.05, 0) is 6.42 Å². The second-order valence-corrected chi connectivity index (χ2v) is 4.27. The largest absolute Gasteiger partial charge is 0.462 e. The molecule has 0 amide bonds. The molecule has 1 rings (SSSR count). The van der Waals surface area contributed by atoms with Gasteiger partial charge in [-0.3, -0.25) is 4.79 Å². The lowest BCUT2D eigenvalue weighted by atomic mass is 9.85. The van der Waals surface area contributed by atoms with Crippen molar-refractivity contribution in [1.82, 2.24) is 0 Å². The predicted octanol–water partition coefficient (Wildman–Crippen LogP) is 1.32. The van der Waals surface area contributed by atoms with Gasteiger partial charge >= 0.3 is 5.97 Å². The Morgan fingerprint density at radius 2 is 2.00 bits per heavy atom. The van der Waals surface area contributed by atoms with Crippen LogP contribution in [0.15, 0.2) is 0 Å². The quantitative estimate of drug-likeness (QED) is 0.707. The first-order chi connectivity index (χ1) is 6.97. The maximum absolute atomic E-state index is 11.0. The van der Waals surface area contributed by atoms with E-state index in [2.05, 4.69) is 0 Å². The number of hydrogen-bond donors (Lipinski definition) is 1. The van der Waals surface area contributed by atoms with Crippen molar-refractivity contribution in [2.24, 2.45) is 11.8 Å². The predicted molar refractivity (Wildman–Crippen MR) is 55.1 cm³/mol. The summed E-state index contributed by atoms with van der Waals surface area (Å²) >= 11 is 0. The van der Waals surface area contributed by atoms with Crippen molar-refractivity contribution in [3.8, 4) is 0 Å². The fraction of sp³-hybridized carbons (Fsp3) is 0.909. The first kappa shape index (κ1) is 12.5. The van der Waals surface area contributed by atoms with Crippen molar-refractivity contribution in [3.05, 3.63) is 0 Å². The van der Waals surface area contributed by atoms with Crippen LogP contribution in [0.1, 0.15) is 34.1 Å². The second-order valence-electron chi connectivity index (χ2n) is 4.27. The molecule has 0 radical (unpaired) electrons. The number of hydrogen-bond acceptors (Lipinski definition) is 4. The van der Waals surface area contributed by atoms with Crippen molar-refractivity contribution >= 4 is 5.97 Å². The summed E-state index contributed by atoms with van der Waals surface area (Å²) in [4.78, 5) is 11.0. The molecule has 0 aromatic rings. The van der Waals surface area contributed by atoms with Gasteiger partial charge in [-0.1, -0.05) is 20.8 Å². The summed E-state index contributed by atoms with van der Waals surface area (Å²) < 4.78 is 10.7. The first-order valence-corrected chi connectivity index (χ1v) is 5.48. The number of aliphatic hydroxyl groups is 1. The molecule has 0 bridgehead atoms. The van der Waals surface area contributed by atoms with Crippen LogP contribution in [0.5, 0.6) is 0 Å². The molecule has 1 aliphatic heterocycles. The molecule has 1 N–H and O–H groups in total. The van der Waals surface area contributed by atoms with Gasteiger partial charge in [0.25, 0.3) is 0 Å². The zero-order valence-corrected chi connectivity index (χ0v) is 9.77. The van der Waals surface area contributed by atoms with E-state index < -0.39 is 6.29 Å². The van der Waals surface area contributed by atoms with E-state index >= 15 is 0 Å². The Labute approximate surface area is 90.6 Å². The van der Waals surface area contributed by atoms with Gasteiger partial charge in [-0.25, -0.2) is 0 Å². The summed E-state index contributed by atoms with van der Waals surface area (Å²) in [5.74, 6) is -0.355. The second kappa shape index (κ2) is 4.94. The fourth-order valence-corrected chi connectivity index (χ4v) is 2.15. The third-order valence-electron chi connectivity index (χ3n) is 3.09. The Bertz CT molecular complexity index is 229. The lowest BCUT2D eigenvalue weighted by Crippen LogP contribution is -2.50. The average molecular weight is 216 g/mol. The Balaban J connectivity index is 2.74. The summed E-state index contributed by atoms with van der Waals surface area (Å²) in [5, 5.41) is 9.67. The minimum Gasteiger partial charge on any atom is -0.462 e. The lowest BCUT2D eigenvalue weighted by Gasteiger charge is -2.41. The van der Waals surface area contributed by atoms with Crippen LogP contribution in [0.25, 0.3) is 0 Å². The van der Waals surface area contributed by atoms with Crippen LogP contribution in [0.3, 0.4) is 0 Å². The smallest absolute Gasteiger partial charge is 0.302 e. The molecule has 0 spiro atoms. The Morgan fingerprint density at radius 3 is 2.47 bits per heavy atom. The fourth-order valence-electron chi connectivity index (χ4n) is 2.15. The molecule has 0 aromatic carbocycles. The van der Waals surface area contributed by atoms with Gasteiger partial charge in [-0.2, -0.15) is 0 Å². The summed E-state index contributed by atoms with van der Waals surface area (Å²) in [7, 11) is 0. The third-order valence-corrected chi connectivity index (χ3v) is 3.09. The van der Waals surface area contributed by atoms with Crippen LogP contribution in [-0.4, -0.2) is 29.6 Å². The summed E-state index contributed by atoms with van der Waals surface area (Å²) in [6.45, 7) is 7.21. The summed E-state index contributed by atoms with van der Waals surface area (Å²) in [5.41, 5.74) is 0. The Hall–Kier alpha value is -0.610. The molecular formula is C11H20O4. The van der Waals surface area contributed by atoms with Gasteiger partial charge < -0.3 is 14.6 Å². The highest BCUT2D eigenvalue weighted by Crippen LogP contribution is 2.32. The monoisotopic (exact) mass is 216 g/mol. The van der Waals surface area contributed by atoms with Crippen LogP contribution >= 0.6 is 0 Å². The van der Waals surface area contributed by atoms with Crippen molar-refractivity contribution in [3.63, 3.8) is 0 Å². The van der Waals surface area contributed by atoms with E-state index in [1.807, 2.05) is 20.8 Å². The molecular weight excluding hydrogens is 196 g/mol. The van der Waals surface area contributed by atoms with Gasteiger partial charge in [0.2, 0.25) is 0 Å². The van der Waals surface area contributed by atoms with Gasteiger partial charge in [0.05, 0.1) is 6.10 Å². The van der Waals surface area contributed by atoms with Gasteiger partial charge in [0, 0.05) is 18.8 Å². The maximum atomic E-state index is 11.0. The first-order valence-electron chi connectivity index (χ1n) is 5.48. The average Bonchev–Trinajstić information content (AvgIpc) is 2.18. The van der Waals surface area contributed by atoms with Crippen molar-refractivity contribution in [2.75, 3.05) is 0 Å². The third kappa shape index (κ3) is 2.69. The molecule has 1 aliphatic rings. The van der Waals surface area contributed by atoms with Crippen molar-refractivity contribution in [2.45, 2.75) is 52.6 Å². The molecule has 1 heterocycles. The van der Waals surface area contributed by atoms with Crippen LogP contribution < -0.4 is 0 Å². The highest BCUT2D eigenvalue weighted by atomic mass is 16.6. The molecule has 5 atom stereocenters.